The van der Waals surface area contributed by atoms with E-state index in [4.69, 9.17) is 29.2 Å². The smallest absolute Gasteiger partial charge is 0.490 e. The molecule has 1 aromatic rings. The zero-order valence-electron chi connectivity index (χ0n) is 15.5. The highest BCUT2D eigenvalue weighted by Crippen LogP contribution is 2.42. The lowest BCUT2D eigenvalue weighted by Gasteiger charge is -2.35. The molecule has 1 aromatic carbocycles. The van der Waals surface area contributed by atoms with Gasteiger partial charge in [-0.3, -0.25) is 9.69 Å². The van der Waals surface area contributed by atoms with Crippen LogP contribution in [-0.4, -0.2) is 66.1 Å². The molecule has 1 atom stereocenters. The van der Waals surface area contributed by atoms with Gasteiger partial charge >= 0.3 is 18.1 Å². The third kappa shape index (κ3) is 6.08. The average molecular weight is 443 g/mol. The molecule has 8 nitrogen and oxygen atoms in total. The Morgan fingerprint density at radius 3 is 2.43 bits per heavy atom. The topological polar surface area (TPSA) is 106 Å². The van der Waals surface area contributed by atoms with E-state index in [9.17, 15) is 26.7 Å². The molecule has 2 heterocycles. The molecule has 2 aliphatic rings. The lowest BCUT2D eigenvalue weighted by atomic mass is 9.95. The van der Waals surface area contributed by atoms with E-state index in [1.807, 2.05) is 0 Å². The van der Waals surface area contributed by atoms with Crippen molar-refractivity contribution < 1.29 is 56.0 Å². The molecule has 0 amide bonds. The Labute approximate surface area is 166 Å². The first-order chi connectivity index (χ1) is 13.8. The standard InChI is InChI=1S/C15H17F2NO5.C2HF3O2/c1-21-11-2-9(3-12-13(11)23-8-22-12)5-18-6-10(14(19)20)4-15(16,17)7-18;3-2(4,5)1(6)7/h2-3,10H,4-8H2,1H3,(H,19,20);(H,6,7). The number of hydrogen-bond donors (Lipinski definition) is 2. The second-order valence-corrected chi connectivity index (χ2v) is 6.60. The Bertz CT molecular complexity index is 799. The summed E-state index contributed by atoms with van der Waals surface area (Å²) in [5.74, 6) is -6.59. The van der Waals surface area contributed by atoms with Crippen LogP contribution in [0.5, 0.6) is 17.2 Å². The van der Waals surface area contributed by atoms with E-state index in [0.29, 0.717) is 22.8 Å². The zero-order valence-corrected chi connectivity index (χ0v) is 15.5. The van der Waals surface area contributed by atoms with Crippen molar-refractivity contribution in [1.82, 2.24) is 4.90 Å². The first-order valence-electron chi connectivity index (χ1n) is 8.42. The summed E-state index contributed by atoms with van der Waals surface area (Å²) in [7, 11) is 1.48. The van der Waals surface area contributed by atoms with Crippen molar-refractivity contribution in [2.45, 2.75) is 25.1 Å². The van der Waals surface area contributed by atoms with E-state index in [2.05, 4.69) is 0 Å². The first kappa shape index (κ1) is 23.4. The van der Waals surface area contributed by atoms with Crippen molar-refractivity contribution in [3.8, 4) is 17.2 Å². The molecule has 3 rings (SSSR count). The van der Waals surface area contributed by atoms with E-state index >= 15 is 0 Å². The predicted molar refractivity (Wildman–Crippen MR) is 88.8 cm³/mol. The number of carboxylic acid groups (broad SMARTS) is 2. The van der Waals surface area contributed by atoms with Gasteiger partial charge in [0.1, 0.15) is 0 Å². The number of methoxy groups -OCH3 is 1. The Morgan fingerprint density at radius 2 is 1.90 bits per heavy atom. The number of carbonyl (C=O) groups is 2. The number of benzene rings is 1. The zero-order chi connectivity index (χ0) is 22.7. The maximum Gasteiger partial charge on any atom is 0.490 e. The molecule has 2 N–H and O–H groups in total. The highest BCUT2D eigenvalue weighted by molar-refractivity contribution is 5.73. The molecule has 168 valence electrons. The summed E-state index contributed by atoms with van der Waals surface area (Å²) in [5, 5.41) is 16.2. The lowest BCUT2D eigenvalue weighted by molar-refractivity contribution is -0.192. The Balaban J connectivity index is 0.000000396. The van der Waals surface area contributed by atoms with Crippen molar-refractivity contribution >= 4 is 11.9 Å². The highest BCUT2D eigenvalue weighted by Gasteiger charge is 2.43. The number of alkyl halides is 5. The first-order valence-corrected chi connectivity index (χ1v) is 8.42. The minimum absolute atomic E-state index is 0.0814. The van der Waals surface area contributed by atoms with Gasteiger partial charge in [0.15, 0.2) is 11.5 Å². The Hall–Kier alpha value is -2.83. The molecule has 30 heavy (non-hydrogen) atoms. The molecule has 0 aromatic heterocycles. The van der Waals surface area contributed by atoms with Crippen LogP contribution in [0.25, 0.3) is 0 Å². The number of piperidine rings is 1. The van der Waals surface area contributed by atoms with Gasteiger partial charge in [-0.25, -0.2) is 13.6 Å². The van der Waals surface area contributed by atoms with Crippen molar-refractivity contribution in [2.24, 2.45) is 5.92 Å². The molecule has 0 aliphatic carbocycles. The molecule has 0 bridgehead atoms. The van der Waals surface area contributed by atoms with Gasteiger partial charge < -0.3 is 24.4 Å². The fourth-order valence-corrected chi connectivity index (χ4v) is 3.01. The van der Waals surface area contributed by atoms with Crippen LogP contribution >= 0.6 is 0 Å². The van der Waals surface area contributed by atoms with Crippen LogP contribution in [0.3, 0.4) is 0 Å². The average Bonchev–Trinajstić information content (AvgIpc) is 3.07. The number of fused-ring (bicyclic) bond motifs is 1. The van der Waals surface area contributed by atoms with E-state index in [0.717, 1.165) is 0 Å². The second-order valence-electron chi connectivity index (χ2n) is 6.60. The van der Waals surface area contributed by atoms with Gasteiger partial charge in [-0.05, 0) is 17.7 Å². The van der Waals surface area contributed by atoms with E-state index < -0.39 is 42.9 Å². The molecule has 1 unspecified atom stereocenters. The van der Waals surface area contributed by atoms with Crippen LogP contribution < -0.4 is 14.2 Å². The van der Waals surface area contributed by atoms with Crippen LogP contribution in [-0.2, 0) is 16.1 Å². The van der Waals surface area contributed by atoms with E-state index in [1.165, 1.54) is 12.0 Å². The minimum Gasteiger partial charge on any atom is -0.493 e. The fourth-order valence-electron chi connectivity index (χ4n) is 3.01. The van der Waals surface area contributed by atoms with Crippen LogP contribution in [0.15, 0.2) is 12.1 Å². The molecule has 1 fully saturated rings. The molecule has 1 saturated heterocycles. The summed E-state index contributed by atoms with van der Waals surface area (Å²) in [6.45, 7) is -0.111. The summed E-state index contributed by atoms with van der Waals surface area (Å²) >= 11 is 0. The van der Waals surface area contributed by atoms with Gasteiger partial charge in [0, 0.05) is 19.5 Å². The number of ether oxygens (including phenoxy) is 3. The number of nitrogens with zero attached hydrogens (tertiary/aromatic N) is 1. The van der Waals surface area contributed by atoms with Crippen LogP contribution in [0, 0.1) is 5.92 Å². The van der Waals surface area contributed by atoms with Crippen molar-refractivity contribution in [3.63, 3.8) is 0 Å². The minimum atomic E-state index is -5.08. The van der Waals surface area contributed by atoms with E-state index in [1.54, 1.807) is 12.1 Å². The summed E-state index contributed by atoms with van der Waals surface area (Å²) in [5.41, 5.74) is 0.702. The summed E-state index contributed by atoms with van der Waals surface area (Å²) < 4.78 is 75.1. The van der Waals surface area contributed by atoms with Gasteiger partial charge in [0.05, 0.1) is 19.6 Å². The molecule has 0 saturated carbocycles. The molecule has 0 radical (unpaired) electrons. The Morgan fingerprint density at radius 1 is 1.27 bits per heavy atom. The number of aliphatic carboxylic acids is 2. The molecular weight excluding hydrogens is 425 g/mol. The van der Waals surface area contributed by atoms with Gasteiger partial charge in [0.25, 0.3) is 5.92 Å². The second kappa shape index (κ2) is 8.90. The number of likely N-dealkylation sites (tertiary alicyclic amines) is 1. The lowest BCUT2D eigenvalue weighted by Crippen LogP contribution is -2.48. The summed E-state index contributed by atoms with van der Waals surface area (Å²) in [4.78, 5) is 21.4. The molecule has 13 heteroatoms. The van der Waals surface area contributed by atoms with Crippen LogP contribution in [0.4, 0.5) is 22.0 Å². The normalized spacial score (nSPS) is 20.1. The number of hydrogen-bond acceptors (Lipinski definition) is 6. The summed E-state index contributed by atoms with van der Waals surface area (Å²) in [6.07, 6.45) is -5.71. The van der Waals surface area contributed by atoms with Crippen molar-refractivity contribution in [2.75, 3.05) is 27.0 Å². The SMILES string of the molecule is COc1cc(CN2CC(C(=O)O)CC(F)(F)C2)cc2c1OCO2.O=C(O)C(F)(F)F. The number of halogens is 5. The largest absolute Gasteiger partial charge is 0.493 e. The van der Waals surface area contributed by atoms with Crippen LogP contribution in [0.1, 0.15) is 12.0 Å². The monoisotopic (exact) mass is 443 g/mol. The molecular formula is C17H18F5NO7. The third-order valence-electron chi connectivity index (χ3n) is 4.19. The molecule has 0 spiro atoms. The Kier molecular flexibility index (Phi) is 6.95. The van der Waals surface area contributed by atoms with Gasteiger partial charge in [-0.15, -0.1) is 0 Å². The van der Waals surface area contributed by atoms with Gasteiger partial charge in [-0.2, -0.15) is 13.2 Å². The predicted octanol–water partition coefficient (Wildman–Crippen LogP) is 2.60. The maximum absolute atomic E-state index is 13.8. The van der Waals surface area contributed by atoms with Crippen molar-refractivity contribution in [1.29, 1.82) is 0 Å². The van der Waals surface area contributed by atoms with Crippen molar-refractivity contribution in [3.05, 3.63) is 17.7 Å². The van der Waals surface area contributed by atoms with Gasteiger partial charge in [-0.1, -0.05) is 0 Å². The maximum atomic E-state index is 13.8. The van der Waals surface area contributed by atoms with Crippen LogP contribution in [0.2, 0.25) is 0 Å². The fraction of sp³-hybridized carbons (Fsp3) is 0.529. The number of rotatable bonds is 4. The van der Waals surface area contributed by atoms with E-state index in [-0.39, 0.29) is 19.9 Å². The quantitative estimate of drug-likeness (QED) is 0.685. The van der Waals surface area contributed by atoms with Gasteiger partial charge in [0.2, 0.25) is 12.5 Å². The highest BCUT2D eigenvalue weighted by atomic mass is 19.4. The number of carboxylic acids is 2. The molecule has 2 aliphatic heterocycles. The third-order valence-corrected chi connectivity index (χ3v) is 4.19. The summed E-state index contributed by atoms with van der Waals surface area (Å²) in [6, 6.07) is 3.39.